The van der Waals surface area contributed by atoms with E-state index in [1.165, 1.54) is 0 Å². The second kappa shape index (κ2) is 4.52. The van der Waals surface area contributed by atoms with E-state index in [1.807, 2.05) is 33.8 Å². The van der Waals surface area contributed by atoms with E-state index in [9.17, 15) is 0 Å². The lowest BCUT2D eigenvalue weighted by Crippen LogP contribution is -2.27. The van der Waals surface area contributed by atoms with Crippen LogP contribution in [0, 0.1) is 25.2 Å². The molecule has 0 N–H and O–H groups in total. The molecule has 0 spiro atoms. The minimum absolute atomic E-state index is 0.258. The minimum atomic E-state index is -0.258. The highest BCUT2D eigenvalue weighted by molar-refractivity contribution is 5.46. The number of nitrogens with zero attached hydrogens (tertiary/aromatic N) is 2. The lowest BCUT2D eigenvalue weighted by Gasteiger charge is -2.25. The van der Waals surface area contributed by atoms with Gasteiger partial charge in [-0.3, -0.25) is 4.98 Å². The van der Waals surface area contributed by atoms with Gasteiger partial charge in [-0.15, -0.1) is 0 Å². The lowest BCUT2D eigenvalue weighted by molar-refractivity contribution is 0.104. The van der Waals surface area contributed by atoms with Crippen LogP contribution >= 0.6 is 0 Å². The largest absolute Gasteiger partial charge is 0.486 e. The summed E-state index contributed by atoms with van der Waals surface area (Å²) in [6, 6.07) is 3.97. The van der Waals surface area contributed by atoms with Gasteiger partial charge in [0.05, 0.1) is 5.69 Å². The van der Waals surface area contributed by atoms with Gasteiger partial charge in [0, 0.05) is 11.8 Å². The third-order valence-electron chi connectivity index (χ3n) is 2.64. The summed E-state index contributed by atoms with van der Waals surface area (Å²) in [5.74, 6) is 0.638. The number of pyridine rings is 1. The predicted octanol–water partition coefficient (Wildman–Crippen LogP) is 3.14. The first-order valence-electron chi connectivity index (χ1n) is 5.47. The molecule has 3 heteroatoms. The van der Waals surface area contributed by atoms with Crippen molar-refractivity contribution < 1.29 is 4.74 Å². The Morgan fingerprint density at radius 3 is 2.56 bits per heavy atom. The Labute approximate surface area is 97.1 Å². The third-order valence-corrected chi connectivity index (χ3v) is 2.64. The molecule has 3 nitrogen and oxygen atoms in total. The molecule has 0 saturated heterocycles. The van der Waals surface area contributed by atoms with Crippen LogP contribution in [0.15, 0.2) is 6.07 Å². The zero-order chi connectivity index (χ0) is 12.3. The van der Waals surface area contributed by atoms with Gasteiger partial charge in [0.25, 0.3) is 0 Å². The molecular weight excluding hydrogens is 200 g/mol. The van der Waals surface area contributed by atoms with Crippen LogP contribution in [0.5, 0.6) is 5.75 Å². The van der Waals surface area contributed by atoms with E-state index in [1.54, 1.807) is 0 Å². The number of nitriles is 1. The van der Waals surface area contributed by atoms with Gasteiger partial charge in [-0.2, -0.15) is 5.26 Å². The van der Waals surface area contributed by atoms with Gasteiger partial charge < -0.3 is 4.74 Å². The van der Waals surface area contributed by atoms with E-state index in [4.69, 9.17) is 10.00 Å². The van der Waals surface area contributed by atoms with E-state index in [0.717, 1.165) is 17.8 Å². The molecule has 0 aliphatic carbocycles. The van der Waals surface area contributed by atoms with Crippen LogP contribution in [-0.2, 0) is 0 Å². The molecule has 0 bridgehead atoms. The van der Waals surface area contributed by atoms with Gasteiger partial charge in [-0.25, -0.2) is 0 Å². The number of aryl methyl sites for hydroxylation is 2. The summed E-state index contributed by atoms with van der Waals surface area (Å²) in [4.78, 5) is 4.26. The average molecular weight is 218 g/mol. The summed E-state index contributed by atoms with van der Waals surface area (Å²) >= 11 is 0. The summed E-state index contributed by atoms with van der Waals surface area (Å²) in [6.45, 7) is 9.82. The van der Waals surface area contributed by atoms with Crippen LogP contribution in [0.1, 0.15) is 44.1 Å². The SMILES string of the molecule is CCC(C)(C)Oc1cc(C)nc(C)c1C#N. The van der Waals surface area contributed by atoms with E-state index >= 15 is 0 Å². The average Bonchev–Trinajstić information content (AvgIpc) is 2.16. The maximum atomic E-state index is 9.09. The van der Waals surface area contributed by atoms with Gasteiger partial charge in [0.1, 0.15) is 23.0 Å². The van der Waals surface area contributed by atoms with Crippen LogP contribution < -0.4 is 4.74 Å². The van der Waals surface area contributed by atoms with Crippen molar-refractivity contribution in [1.29, 1.82) is 5.26 Å². The predicted molar refractivity (Wildman–Crippen MR) is 63.4 cm³/mol. The summed E-state index contributed by atoms with van der Waals surface area (Å²) in [7, 11) is 0. The summed E-state index contributed by atoms with van der Waals surface area (Å²) in [5.41, 5.74) is 1.88. The van der Waals surface area contributed by atoms with Gasteiger partial charge >= 0.3 is 0 Å². The van der Waals surface area contributed by atoms with Crippen LogP contribution in [0.3, 0.4) is 0 Å². The number of hydrogen-bond acceptors (Lipinski definition) is 3. The van der Waals surface area contributed by atoms with Crippen molar-refractivity contribution in [2.24, 2.45) is 0 Å². The molecule has 0 radical (unpaired) electrons. The Morgan fingerprint density at radius 1 is 1.44 bits per heavy atom. The Morgan fingerprint density at radius 2 is 2.06 bits per heavy atom. The molecular formula is C13H18N2O. The molecule has 0 aromatic carbocycles. The Bertz CT molecular complexity index is 430. The van der Waals surface area contributed by atoms with E-state index in [2.05, 4.69) is 18.0 Å². The molecule has 1 aromatic rings. The van der Waals surface area contributed by atoms with Gasteiger partial charge in [-0.1, -0.05) is 6.92 Å². The topological polar surface area (TPSA) is 45.9 Å². The second-order valence-corrected chi connectivity index (χ2v) is 4.55. The van der Waals surface area contributed by atoms with Crippen LogP contribution in [0.2, 0.25) is 0 Å². The number of rotatable bonds is 3. The van der Waals surface area contributed by atoms with Crippen molar-refractivity contribution in [3.05, 3.63) is 23.0 Å². The molecule has 86 valence electrons. The summed E-state index contributed by atoms with van der Waals surface area (Å²) in [5, 5.41) is 9.09. The highest BCUT2D eigenvalue weighted by Crippen LogP contribution is 2.26. The van der Waals surface area contributed by atoms with Gasteiger partial charge in [0.2, 0.25) is 0 Å². The second-order valence-electron chi connectivity index (χ2n) is 4.55. The first kappa shape index (κ1) is 12.5. The van der Waals surface area contributed by atoms with Gasteiger partial charge in [0.15, 0.2) is 0 Å². The zero-order valence-corrected chi connectivity index (χ0v) is 10.6. The highest BCUT2D eigenvalue weighted by Gasteiger charge is 2.20. The number of ether oxygens (including phenoxy) is 1. The lowest BCUT2D eigenvalue weighted by atomic mass is 10.1. The molecule has 0 saturated carbocycles. The molecule has 0 atom stereocenters. The Kier molecular flexibility index (Phi) is 3.54. The first-order chi connectivity index (χ1) is 7.39. The highest BCUT2D eigenvalue weighted by atomic mass is 16.5. The smallest absolute Gasteiger partial charge is 0.141 e. The summed E-state index contributed by atoms with van der Waals surface area (Å²) < 4.78 is 5.87. The Hall–Kier alpha value is -1.56. The van der Waals surface area contributed by atoms with Crippen LogP contribution in [0.4, 0.5) is 0 Å². The Balaban J connectivity index is 3.18. The maximum Gasteiger partial charge on any atom is 0.141 e. The fraction of sp³-hybridized carbons (Fsp3) is 0.538. The molecule has 0 aliphatic rings. The van der Waals surface area contributed by atoms with Crippen molar-refractivity contribution in [1.82, 2.24) is 4.98 Å². The molecule has 1 rings (SSSR count). The molecule has 0 amide bonds. The molecule has 0 unspecified atom stereocenters. The normalized spacial score (nSPS) is 11.0. The van der Waals surface area contributed by atoms with Crippen molar-refractivity contribution in [2.75, 3.05) is 0 Å². The zero-order valence-electron chi connectivity index (χ0n) is 10.6. The standard InChI is InChI=1S/C13H18N2O/c1-6-13(4,5)16-12-7-9(2)15-10(3)11(12)8-14/h7H,6H2,1-5H3. The fourth-order valence-electron chi connectivity index (χ4n) is 1.38. The maximum absolute atomic E-state index is 9.09. The monoisotopic (exact) mass is 218 g/mol. The third kappa shape index (κ3) is 2.73. The first-order valence-corrected chi connectivity index (χ1v) is 5.47. The molecule has 0 aliphatic heterocycles. The van der Waals surface area contributed by atoms with Crippen molar-refractivity contribution in [3.63, 3.8) is 0 Å². The van der Waals surface area contributed by atoms with Crippen molar-refractivity contribution in [2.45, 2.75) is 46.6 Å². The quantitative estimate of drug-likeness (QED) is 0.783. The van der Waals surface area contributed by atoms with E-state index in [0.29, 0.717) is 11.3 Å². The fourth-order valence-corrected chi connectivity index (χ4v) is 1.38. The summed E-state index contributed by atoms with van der Waals surface area (Å²) in [6.07, 6.45) is 0.887. The number of hydrogen-bond donors (Lipinski definition) is 0. The molecule has 1 aromatic heterocycles. The number of aromatic nitrogens is 1. The van der Waals surface area contributed by atoms with Crippen molar-refractivity contribution in [3.8, 4) is 11.8 Å². The van der Waals surface area contributed by atoms with E-state index < -0.39 is 0 Å². The van der Waals surface area contributed by atoms with Crippen LogP contribution in [0.25, 0.3) is 0 Å². The van der Waals surface area contributed by atoms with E-state index in [-0.39, 0.29) is 5.60 Å². The molecule has 16 heavy (non-hydrogen) atoms. The minimum Gasteiger partial charge on any atom is -0.486 e. The molecule has 1 heterocycles. The van der Waals surface area contributed by atoms with Gasteiger partial charge in [-0.05, 0) is 34.1 Å². The molecule has 0 fully saturated rings. The van der Waals surface area contributed by atoms with Crippen molar-refractivity contribution >= 4 is 0 Å². The van der Waals surface area contributed by atoms with Crippen LogP contribution in [-0.4, -0.2) is 10.6 Å².